The fourth-order valence-electron chi connectivity index (χ4n) is 5.27. The number of allylic oxidation sites excluding steroid dienone is 1. The third kappa shape index (κ3) is 4.12. The maximum Gasteiger partial charge on any atom is 0.174 e. The van der Waals surface area contributed by atoms with Gasteiger partial charge in [-0.2, -0.15) is 0 Å². The maximum absolute atomic E-state index is 7.10. The molecule has 0 bridgehead atoms. The Morgan fingerprint density at radius 2 is 1.81 bits per heavy atom. The van der Waals surface area contributed by atoms with Crippen molar-refractivity contribution in [3.63, 3.8) is 0 Å². The van der Waals surface area contributed by atoms with Crippen molar-refractivity contribution in [1.29, 1.82) is 0 Å². The number of nitrogens with zero attached hydrogens (tertiary/aromatic N) is 4. The van der Waals surface area contributed by atoms with Crippen molar-refractivity contribution in [3.8, 4) is 0 Å². The highest BCUT2D eigenvalue weighted by Gasteiger charge is 2.42. The minimum Gasteiger partial charge on any atom is -0.378 e. The van der Waals surface area contributed by atoms with Gasteiger partial charge in [0.05, 0.1) is 23.3 Å². The number of hydrogen-bond acceptors (Lipinski definition) is 4. The Morgan fingerprint density at radius 3 is 2.44 bits per heavy atom. The van der Waals surface area contributed by atoms with Gasteiger partial charge in [0.1, 0.15) is 0 Å². The van der Waals surface area contributed by atoms with Crippen molar-refractivity contribution >= 4 is 51.6 Å². The molecular weight excluding hydrogens is 486 g/mol. The number of hydrogen-bond donors (Lipinski definition) is 1. The van der Waals surface area contributed by atoms with Crippen molar-refractivity contribution in [2.45, 2.75) is 38.4 Å². The van der Waals surface area contributed by atoms with Crippen LogP contribution >= 0.6 is 23.8 Å². The van der Waals surface area contributed by atoms with E-state index in [1.54, 1.807) is 0 Å². The van der Waals surface area contributed by atoms with E-state index in [0.29, 0.717) is 5.11 Å². The molecule has 36 heavy (non-hydrogen) atoms. The van der Waals surface area contributed by atoms with Gasteiger partial charge < -0.3 is 20.0 Å². The number of aromatic nitrogens is 1. The zero-order valence-corrected chi connectivity index (χ0v) is 23.2. The summed E-state index contributed by atoms with van der Waals surface area (Å²) in [5.41, 5.74) is 7.59. The smallest absolute Gasteiger partial charge is 0.174 e. The van der Waals surface area contributed by atoms with Crippen molar-refractivity contribution in [3.05, 3.63) is 88.7 Å². The fourth-order valence-corrected chi connectivity index (χ4v) is 5.89. The molecule has 0 amide bonds. The van der Waals surface area contributed by atoms with Gasteiger partial charge in [-0.25, -0.2) is 0 Å². The second-order valence-electron chi connectivity index (χ2n) is 10.3. The molecule has 0 aliphatic carbocycles. The van der Waals surface area contributed by atoms with Crippen LogP contribution in [0.5, 0.6) is 0 Å². The van der Waals surface area contributed by atoms with E-state index in [4.69, 9.17) is 23.8 Å². The summed E-state index contributed by atoms with van der Waals surface area (Å²) in [5, 5.41) is 4.93. The lowest BCUT2D eigenvalue weighted by Gasteiger charge is -2.41. The zero-order chi connectivity index (χ0) is 25.8. The third-order valence-electron chi connectivity index (χ3n) is 7.40. The summed E-state index contributed by atoms with van der Waals surface area (Å²) < 4.78 is 0. The minimum absolute atomic E-state index is 0.0882. The van der Waals surface area contributed by atoms with Crippen molar-refractivity contribution < 1.29 is 0 Å². The van der Waals surface area contributed by atoms with Gasteiger partial charge in [0, 0.05) is 55.0 Å². The van der Waals surface area contributed by atoms with Crippen LogP contribution in [0, 0.1) is 0 Å². The largest absolute Gasteiger partial charge is 0.378 e. The van der Waals surface area contributed by atoms with Gasteiger partial charge in [0.25, 0.3) is 0 Å². The van der Waals surface area contributed by atoms with Crippen LogP contribution in [-0.2, 0) is 0 Å². The number of fused-ring (bicyclic) bond motifs is 1. The van der Waals surface area contributed by atoms with Crippen LogP contribution < -0.4 is 20.0 Å². The first-order valence-corrected chi connectivity index (χ1v) is 12.9. The normalized spacial score (nSPS) is 20.6. The molecule has 186 valence electrons. The molecule has 0 unspecified atom stereocenters. The van der Waals surface area contributed by atoms with Crippen LogP contribution in [0.2, 0.25) is 5.02 Å². The summed E-state index contributed by atoms with van der Waals surface area (Å²) in [7, 11) is 6.20. The molecular formula is C29H32ClN5S. The van der Waals surface area contributed by atoms with Gasteiger partial charge >= 0.3 is 0 Å². The Hall–Kier alpha value is -3.09. The summed E-state index contributed by atoms with van der Waals surface area (Å²) in [6.45, 7) is 6.62. The second-order valence-corrected chi connectivity index (χ2v) is 11.1. The quantitative estimate of drug-likeness (QED) is 0.392. The molecule has 1 saturated heterocycles. The van der Waals surface area contributed by atoms with E-state index in [-0.39, 0.29) is 17.6 Å². The SMILES string of the molecule is CC1=CC(C)(C)N(C)c2cc(Cl)c([C@H]3[C@H](c4ccccn4)NC(=S)N3c3ccc(N(C)C)cc3)cc21. The average molecular weight is 518 g/mol. The van der Waals surface area contributed by atoms with Gasteiger partial charge in [-0.1, -0.05) is 23.7 Å². The van der Waals surface area contributed by atoms with E-state index in [1.807, 2.05) is 38.5 Å². The van der Waals surface area contributed by atoms with Crippen molar-refractivity contribution in [2.75, 3.05) is 35.8 Å². The number of pyridine rings is 1. The molecule has 3 heterocycles. The van der Waals surface area contributed by atoms with Gasteiger partial charge in [-0.3, -0.25) is 4.98 Å². The highest BCUT2D eigenvalue weighted by molar-refractivity contribution is 7.80. The number of halogens is 1. The third-order valence-corrected chi connectivity index (χ3v) is 8.04. The molecule has 0 spiro atoms. The molecule has 2 atom stereocenters. The van der Waals surface area contributed by atoms with Gasteiger partial charge in [0.15, 0.2) is 5.11 Å². The van der Waals surface area contributed by atoms with Gasteiger partial charge in [0.2, 0.25) is 0 Å². The Labute approximate surface area is 224 Å². The molecule has 7 heteroatoms. The Kier molecular flexibility index (Phi) is 6.21. The molecule has 0 radical (unpaired) electrons. The van der Waals surface area contributed by atoms with Crippen LogP contribution in [0.3, 0.4) is 0 Å². The standard InChI is InChI=1S/C29H32ClN5S/c1-18-17-29(2,3)34(6)25-16-23(30)22(15-21(18)25)27-26(24-9-7-8-14-31-24)32-28(36)35(27)20-12-10-19(11-13-20)33(4)5/h7-17,26-27H,1-6H3,(H,32,36)/t26-,27-/m0/s1. The summed E-state index contributed by atoms with van der Waals surface area (Å²) in [4.78, 5) is 11.2. The molecule has 2 aliphatic heterocycles. The van der Waals surface area contributed by atoms with Crippen LogP contribution in [0.4, 0.5) is 17.1 Å². The fraction of sp³-hybridized carbons (Fsp3) is 0.310. The first kappa shape index (κ1) is 24.6. The molecule has 1 fully saturated rings. The number of thiocarbonyl (C=S) groups is 1. The number of nitrogens with one attached hydrogen (secondary N) is 1. The topological polar surface area (TPSA) is 34.6 Å². The van der Waals surface area contributed by atoms with Crippen molar-refractivity contribution in [2.24, 2.45) is 0 Å². The maximum atomic E-state index is 7.10. The first-order valence-electron chi connectivity index (χ1n) is 12.1. The summed E-state index contributed by atoms with van der Waals surface area (Å²) >= 11 is 13.0. The molecule has 1 aromatic heterocycles. The molecule has 5 nitrogen and oxygen atoms in total. The highest BCUT2D eigenvalue weighted by atomic mass is 35.5. The number of rotatable bonds is 4. The summed E-state index contributed by atoms with van der Waals surface area (Å²) in [6.07, 6.45) is 4.14. The lowest BCUT2D eigenvalue weighted by atomic mass is 9.86. The lowest BCUT2D eigenvalue weighted by Crippen LogP contribution is -2.42. The van der Waals surface area contributed by atoms with E-state index >= 15 is 0 Å². The number of anilines is 3. The van der Waals surface area contributed by atoms with Crippen LogP contribution in [0.1, 0.15) is 49.7 Å². The van der Waals surface area contributed by atoms with E-state index in [9.17, 15) is 0 Å². The van der Waals surface area contributed by atoms with Crippen LogP contribution in [-0.4, -0.2) is 36.8 Å². The molecule has 3 aromatic rings. The molecule has 0 saturated carbocycles. The van der Waals surface area contributed by atoms with E-state index in [0.717, 1.165) is 33.3 Å². The molecule has 2 aromatic carbocycles. The highest BCUT2D eigenvalue weighted by Crippen LogP contribution is 2.48. The molecule has 1 N–H and O–H groups in total. The predicted molar refractivity (Wildman–Crippen MR) is 156 cm³/mol. The van der Waals surface area contributed by atoms with E-state index < -0.39 is 0 Å². The second kappa shape index (κ2) is 9.09. The van der Waals surface area contributed by atoms with E-state index in [2.05, 4.69) is 95.3 Å². The van der Waals surface area contributed by atoms with Crippen LogP contribution in [0.25, 0.3) is 5.57 Å². The minimum atomic E-state index is -0.163. The number of benzene rings is 2. The Balaban J connectivity index is 1.68. The zero-order valence-electron chi connectivity index (χ0n) is 21.6. The van der Waals surface area contributed by atoms with Gasteiger partial charge in [-0.15, -0.1) is 0 Å². The van der Waals surface area contributed by atoms with Crippen LogP contribution in [0.15, 0.2) is 66.9 Å². The molecule has 2 aliphatic rings. The monoisotopic (exact) mass is 517 g/mol. The van der Waals surface area contributed by atoms with Gasteiger partial charge in [-0.05, 0) is 92.7 Å². The predicted octanol–water partition coefficient (Wildman–Crippen LogP) is 6.61. The molecule has 5 rings (SSSR count). The van der Waals surface area contributed by atoms with E-state index in [1.165, 1.54) is 11.1 Å². The lowest BCUT2D eigenvalue weighted by molar-refractivity contribution is 0.567. The average Bonchev–Trinajstić information content (AvgIpc) is 3.19. The Bertz CT molecular complexity index is 1330. The number of likely N-dealkylation sites (N-methyl/N-ethyl adjacent to an activating group) is 1. The van der Waals surface area contributed by atoms with Crippen molar-refractivity contribution in [1.82, 2.24) is 10.3 Å². The summed E-state index contributed by atoms with van der Waals surface area (Å²) in [6, 6.07) is 18.5. The first-order chi connectivity index (χ1) is 17.1. The Morgan fingerprint density at radius 1 is 1.08 bits per heavy atom. The summed E-state index contributed by atoms with van der Waals surface area (Å²) in [5.74, 6) is 0.